The first-order valence-corrected chi connectivity index (χ1v) is 7.73. The highest BCUT2D eigenvalue weighted by Crippen LogP contribution is 2.36. The number of amides is 1. The van der Waals surface area contributed by atoms with Gasteiger partial charge in [-0.15, -0.1) is 12.4 Å². The fourth-order valence-corrected chi connectivity index (χ4v) is 3.07. The average Bonchev–Trinajstić information content (AvgIpc) is 2.52. The molecule has 1 aliphatic rings. The predicted molar refractivity (Wildman–Crippen MR) is 91.7 cm³/mol. The number of hydrogen-bond acceptors (Lipinski definition) is 3. The van der Waals surface area contributed by atoms with Gasteiger partial charge in [0.25, 0.3) is 0 Å². The molecule has 0 saturated carbocycles. The zero-order valence-corrected chi connectivity index (χ0v) is 14.3. The van der Waals surface area contributed by atoms with E-state index in [0.717, 1.165) is 26.1 Å². The molecule has 1 amide bonds. The topological polar surface area (TPSA) is 50.4 Å². The molecule has 0 unspecified atom stereocenters. The van der Waals surface area contributed by atoms with Gasteiger partial charge in [0.05, 0.1) is 0 Å². The van der Waals surface area contributed by atoms with E-state index < -0.39 is 0 Å². The molecular formula is C17H27ClN2O2. The van der Waals surface area contributed by atoms with Crippen LogP contribution in [0.3, 0.4) is 0 Å². The second-order valence-corrected chi connectivity index (χ2v) is 5.84. The van der Waals surface area contributed by atoms with Gasteiger partial charge in [-0.25, -0.2) is 0 Å². The van der Waals surface area contributed by atoms with Crippen LogP contribution in [-0.4, -0.2) is 39.3 Å². The van der Waals surface area contributed by atoms with Crippen LogP contribution in [0.5, 0.6) is 0 Å². The number of nitrogens with one attached hydrogen (secondary N) is 2. The average molecular weight is 327 g/mol. The Morgan fingerprint density at radius 2 is 1.95 bits per heavy atom. The van der Waals surface area contributed by atoms with Crippen LogP contribution in [0, 0.1) is 6.92 Å². The fraction of sp³-hybridized carbons (Fsp3) is 0.588. The van der Waals surface area contributed by atoms with Gasteiger partial charge < -0.3 is 15.4 Å². The van der Waals surface area contributed by atoms with Crippen molar-refractivity contribution in [2.24, 2.45) is 0 Å². The van der Waals surface area contributed by atoms with Gasteiger partial charge in [-0.3, -0.25) is 4.79 Å². The molecule has 1 heterocycles. The molecule has 1 saturated heterocycles. The number of halogens is 1. The molecule has 1 fully saturated rings. The van der Waals surface area contributed by atoms with Crippen LogP contribution >= 0.6 is 12.4 Å². The zero-order valence-electron chi connectivity index (χ0n) is 13.5. The van der Waals surface area contributed by atoms with Crippen molar-refractivity contribution in [3.63, 3.8) is 0 Å². The van der Waals surface area contributed by atoms with Crippen molar-refractivity contribution in [1.29, 1.82) is 0 Å². The van der Waals surface area contributed by atoms with Gasteiger partial charge in [0, 0.05) is 38.1 Å². The molecule has 1 aromatic rings. The van der Waals surface area contributed by atoms with Gasteiger partial charge >= 0.3 is 0 Å². The first kappa shape index (κ1) is 18.9. The quantitative estimate of drug-likeness (QED) is 0.842. The highest BCUT2D eigenvalue weighted by Gasteiger charge is 2.35. The largest absolute Gasteiger partial charge is 0.381 e. The molecule has 4 nitrogen and oxygen atoms in total. The molecule has 0 atom stereocenters. The molecule has 0 radical (unpaired) electrons. The highest BCUT2D eigenvalue weighted by molar-refractivity contribution is 5.85. The lowest BCUT2D eigenvalue weighted by molar-refractivity contribution is -0.121. The standard InChI is InChI=1S/C17H26N2O2.ClH/c1-14-5-3-4-6-15(14)17(8-11-21-12-9-17)13-19-16(20)7-10-18-2;/h3-6,18H,7-13H2,1-2H3,(H,19,20);1H. The van der Waals surface area contributed by atoms with Gasteiger partial charge in [-0.1, -0.05) is 24.3 Å². The Hall–Kier alpha value is -1.10. The minimum atomic E-state index is 0. The third-order valence-electron chi connectivity index (χ3n) is 4.39. The Bertz CT molecular complexity index is 473. The Balaban J connectivity index is 0.00000242. The molecule has 0 spiro atoms. The molecular weight excluding hydrogens is 300 g/mol. The van der Waals surface area contributed by atoms with Crippen LogP contribution in [0.15, 0.2) is 24.3 Å². The van der Waals surface area contributed by atoms with E-state index in [4.69, 9.17) is 4.74 Å². The van der Waals surface area contributed by atoms with E-state index in [1.54, 1.807) is 0 Å². The van der Waals surface area contributed by atoms with Crippen molar-refractivity contribution in [3.05, 3.63) is 35.4 Å². The lowest BCUT2D eigenvalue weighted by Gasteiger charge is -2.39. The first-order valence-electron chi connectivity index (χ1n) is 7.73. The van der Waals surface area contributed by atoms with E-state index in [-0.39, 0.29) is 23.7 Å². The number of rotatable bonds is 6. The molecule has 2 rings (SSSR count). The molecule has 0 aliphatic carbocycles. The van der Waals surface area contributed by atoms with Crippen LogP contribution in [0.4, 0.5) is 0 Å². The molecule has 0 bridgehead atoms. The maximum atomic E-state index is 11.9. The molecule has 0 aromatic heterocycles. The van der Waals surface area contributed by atoms with Crippen molar-refractivity contribution in [1.82, 2.24) is 10.6 Å². The minimum absolute atomic E-state index is 0. The fourth-order valence-electron chi connectivity index (χ4n) is 3.07. The molecule has 124 valence electrons. The van der Waals surface area contributed by atoms with Crippen LogP contribution in [0.25, 0.3) is 0 Å². The third kappa shape index (κ3) is 4.70. The van der Waals surface area contributed by atoms with Crippen LogP contribution in [-0.2, 0) is 14.9 Å². The van der Waals surface area contributed by atoms with Crippen molar-refractivity contribution in [2.75, 3.05) is 33.4 Å². The Labute approximate surface area is 139 Å². The summed E-state index contributed by atoms with van der Waals surface area (Å²) in [5, 5.41) is 6.13. The van der Waals surface area contributed by atoms with Crippen molar-refractivity contribution >= 4 is 18.3 Å². The van der Waals surface area contributed by atoms with Gasteiger partial charge in [0.15, 0.2) is 0 Å². The Morgan fingerprint density at radius 1 is 1.27 bits per heavy atom. The Morgan fingerprint density at radius 3 is 2.59 bits per heavy atom. The van der Waals surface area contributed by atoms with Gasteiger partial charge in [-0.2, -0.15) is 0 Å². The summed E-state index contributed by atoms with van der Waals surface area (Å²) >= 11 is 0. The van der Waals surface area contributed by atoms with E-state index in [1.807, 2.05) is 7.05 Å². The summed E-state index contributed by atoms with van der Waals surface area (Å²) in [6, 6.07) is 8.50. The van der Waals surface area contributed by atoms with Crippen LogP contribution < -0.4 is 10.6 Å². The molecule has 1 aromatic carbocycles. The van der Waals surface area contributed by atoms with E-state index in [1.165, 1.54) is 11.1 Å². The van der Waals surface area contributed by atoms with Crippen LogP contribution in [0.1, 0.15) is 30.4 Å². The minimum Gasteiger partial charge on any atom is -0.381 e. The van der Waals surface area contributed by atoms with E-state index in [9.17, 15) is 4.79 Å². The SMILES string of the molecule is CNCCC(=O)NCC1(c2ccccc2C)CCOCC1.Cl. The van der Waals surface area contributed by atoms with Crippen molar-refractivity contribution in [3.8, 4) is 0 Å². The third-order valence-corrected chi connectivity index (χ3v) is 4.39. The van der Waals surface area contributed by atoms with Gasteiger partial charge in [0.1, 0.15) is 0 Å². The lowest BCUT2D eigenvalue weighted by Crippen LogP contribution is -2.45. The number of hydrogen-bond donors (Lipinski definition) is 2. The Kier molecular flexibility index (Phi) is 7.87. The number of aryl methyl sites for hydroxylation is 1. The first-order chi connectivity index (χ1) is 10.2. The summed E-state index contributed by atoms with van der Waals surface area (Å²) in [6.07, 6.45) is 2.45. The normalized spacial score (nSPS) is 16.6. The van der Waals surface area contributed by atoms with Crippen molar-refractivity contribution < 1.29 is 9.53 Å². The molecule has 5 heteroatoms. The smallest absolute Gasteiger partial charge is 0.221 e. The summed E-state index contributed by atoms with van der Waals surface area (Å²) in [5.74, 6) is 0.115. The number of carbonyl (C=O) groups excluding carboxylic acids is 1. The highest BCUT2D eigenvalue weighted by atomic mass is 35.5. The lowest BCUT2D eigenvalue weighted by atomic mass is 9.72. The molecule has 2 N–H and O–H groups in total. The summed E-state index contributed by atoms with van der Waals surface area (Å²) in [7, 11) is 1.86. The summed E-state index contributed by atoms with van der Waals surface area (Å²) < 4.78 is 5.54. The number of benzene rings is 1. The number of carbonyl (C=O) groups is 1. The maximum absolute atomic E-state index is 11.9. The van der Waals surface area contributed by atoms with Crippen LogP contribution in [0.2, 0.25) is 0 Å². The maximum Gasteiger partial charge on any atom is 0.221 e. The monoisotopic (exact) mass is 326 g/mol. The molecule has 1 aliphatic heterocycles. The van der Waals surface area contributed by atoms with E-state index >= 15 is 0 Å². The number of ether oxygens (including phenoxy) is 1. The van der Waals surface area contributed by atoms with E-state index in [2.05, 4.69) is 41.8 Å². The predicted octanol–water partition coefficient (Wildman–Crippen LogP) is 2.19. The zero-order chi connectivity index (χ0) is 15.1. The summed E-state index contributed by atoms with van der Waals surface area (Å²) in [6.45, 7) is 5.09. The summed E-state index contributed by atoms with van der Waals surface area (Å²) in [5.41, 5.74) is 2.66. The van der Waals surface area contributed by atoms with Gasteiger partial charge in [-0.05, 0) is 37.9 Å². The van der Waals surface area contributed by atoms with E-state index in [0.29, 0.717) is 19.5 Å². The summed E-state index contributed by atoms with van der Waals surface area (Å²) in [4.78, 5) is 11.9. The molecule has 22 heavy (non-hydrogen) atoms. The van der Waals surface area contributed by atoms with Gasteiger partial charge in [0.2, 0.25) is 5.91 Å². The second-order valence-electron chi connectivity index (χ2n) is 5.84. The second kappa shape index (κ2) is 9.13. The van der Waals surface area contributed by atoms with Crippen molar-refractivity contribution in [2.45, 2.75) is 31.6 Å².